The molecule has 2 aromatic heterocycles. The number of fused-ring (bicyclic) bond motifs is 4. The average molecular weight is 793 g/mol. The molecule has 0 N–H and O–H groups in total. The van der Waals surface area contributed by atoms with Gasteiger partial charge in [0.05, 0.1) is 27.7 Å². The summed E-state index contributed by atoms with van der Waals surface area (Å²) >= 11 is 0. The molecule has 0 radical (unpaired) electrons. The van der Waals surface area contributed by atoms with Crippen LogP contribution >= 0.6 is 7.44 Å². The van der Waals surface area contributed by atoms with E-state index in [0.29, 0.717) is 17.6 Å². The third kappa shape index (κ3) is 5.90. The van der Waals surface area contributed by atoms with Crippen LogP contribution in [0.5, 0.6) is 0 Å². The summed E-state index contributed by atoms with van der Waals surface area (Å²) in [6.45, 7) is 0. The van der Waals surface area contributed by atoms with E-state index in [0.717, 1.165) is 78.5 Å². The van der Waals surface area contributed by atoms with Gasteiger partial charge >= 0.3 is 7.44 Å². The van der Waals surface area contributed by atoms with Crippen LogP contribution in [-0.4, -0.2) is 19.5 Å². The first-order chi connectivity index (χ1) is 29.6. The highest BCUT2D eigenvalue weighted by Gasteiger charge is 2.49. The molecular formula is C52H37N6OP. The SMILES string of the molecule is O=P1(c2ccccc2)N(c2ccccc2)c2ccc(-c3ccc4c(c3)c3ccccc3n4-c3nc(C4=CCC=CC=C4)nc(-c4ccccc4)n3)cc2N1c1ccccc1. The second-order valence-corrected chi connectivity index (χ2v) is 17.2. The molecule has 1 aliphatic carbocycles. The number of allylic oxidation sites excluding steroid dienone is 6. The molecule has 286 valence electrons. The van der Waals surface area contributed by atoms with Crippen LogP contribution in [0.25, 0.3) is 55.8 Å². The first-order valence-electron chi connectivity index (χ1n) is 20.1. The van der Waals surface area contributed by atoms with E-state index >= 15 is 4.57 Å². The van der Waals surface area contributed by atoms with Gasteiger partial charge in [0.25, 0.3) is 0 Å². The largest absolute Gasteiger partial charge is 0.301 e. The number of benzene rings is 7. The summed E-state index contributed by atoms with van der Waals surface area (Å²) in [5.74, 6) is 1.79. The molecule has 1 atom stereocenters. The van der Waals surface area contributed by atoms with Gasteiger partial charge in [-0.2, -0.15) is 9.97 Å². The quantitative estimate of drug-likeness (QED) is 0.150. The highest BCUT2D eigenvalue weighted by atomic mass is 31.2. The molecule has 60 heavy (non-hydrogen) atoms. The number of hydrogen-bond acceptors (Lipinski definition) is 4. The average Bonchev–Trinajstić information content (AvgIpc) is 3.61. The Morgan fingerprint density at radius 3 is 1.83 bits per heavy atom. The lowest BCUT2D eigenvalue weighted by molar-refractivity contribution is 0.582. The number of rotatable bonds is 7. The Kier molecular flexibility index (Phi) is 8.68. The van der Waals surface area contributed by atoms with Gasteiger partial charge in [-0.1, -0.05) is 146 Å². The van der Waals surface area contributed by atoms with Gasteiger partial charge in [-0.3, -0.25) is 18.5 Å². The van der Waals surface area contributed by atoms with Gasteiger partial charge in [-0.25, -0.2) is 4.98 Å². The van der Waals surface area contributed by atoms with Gasteiger partial charge in [-0.05, 0) is 84.3 Å². The molecule has 0 saturated heterocycles. The fourth-order valence-electron chi connectivity index (χ4n) is 8.44. The van der Waals surface area contributed by atoms with E-state index in [1.165, 1.54) is 0 Å². The maximum Gasteiger partial charge on any atom is 0.301 e. The topological polar surface area (TPSA) is 67.2 Å². The molecule has 9 aromatic rings. The molecule has 1 unspecified atom stereocenters. The molecule has 7 aromatic carbocycles. The lowest BCUT2D eigenvalue weighted by Gasteiger charge is -2.33. The summed E-state index contributed by atoms with van der Waals surface area (Å²) < 4.78 is 22.4. The van der Waals surface area contributed by atoms with Gasteiger partial charge in [0.15, 0.2) is 11.6 Å². The molecule has 2 aliphatic rings. The van der Waals surface area contributed by atoms with E-state index in [-0.39, 0.29) is 0 Å². The van der Waals surface area contributed by atoms with Gasteiger partial charge in [0.2, 0.25) is 5.95 Å². The maximum atomic E-state index is 16.1. The molecular weight excluding hydrogens is 756 g/mol. The number of para-hydroxylation sites is 3. The van der Waals surface area contributed by atoms with E-state index in [1.807, 2.05) is 132 Å². The molecule has 0 spiro atoms. The van der Waals surface area contributed by atoms with Crippen molar-refractivity contribution in [3.63, 3.8) is 0 Å². The normalized spacial score (nSPS) is 16.0. The lowest BCUT2D eigenvalue weighted by atomic mass is 10.0. The fourth-order valence-corrected chi connectivity index (χ4v) is 11.4. The van der Waals surface area contributed by atoms with E-state index in [1.54, 1.807) is 0 Å². The van der Waals surface area contributed by atoms with Crippen molar-refractivity contribution in [1.82, 2.24) is 19.5 Å². The third-order valence-corrected chi connectivity index (χ3v) is 14.1. The zero-order valence-electron chi connectivity index (χ0n) is 32.5. The van der Waals surface area contributed by atoms with Gasteiger partial charge in [0.1, 0.15) is 0 Å². The van der Waals surface area contributed by atoms with E-state index < -0.39 is 7.44 Å². The van der Waals surface area contributed by atoms with Crippen molar-refractivity contribution >= 4 is 62.9 Å². The second kappa shape index (κ2) is 14.7. The van der Waals surface area contributed by atoms with Gasteiger partial charge < -0.3 is 0 Å². The molecule has 7 nitrogen and oxygen atoms in total. The van der Waals surface area contributed by atoms with Crippen molar-refractivity contribution in [2.75, 3.05) is 9.34 Å². The molecule has 1 aliphatic heterocycles. The van der Waals surface area contributed by atoms with E-state index in [9.17, 15) is 0 Å². The highest BCUT2D eigenvalue weighted by molar-refractivity contribution is 7.76. The number of nitrogens with zero attached hydrogens (tertiary/aromatic N) is 6. The Labute approximate surface area is 348 Å². The van der Waals surface area contributed by atoms with Crippen molar-refractivity contribution < 1.29 is 4.57 Å². The molecule has 0 amide bonds. The van der Waals surface area contributed by atoms with Gasteiger partial charge in [-0.15, -0.1) is 0 Å². The predicted molar refractivity (Wildman–Crippen MR) is 247 cm³/mol. The van der Waals surface area contributed by atoms with E-state index in [4.69, 9.17) is 15.0 Å². The van der Waals surface area contributed by atoms with Crippen LogP contribution in [0.1, 0.15) is 12.2 Å². The van der Waals surface area contributed by atoms with Gasteiger partial charge in [0, 0.05) is 33.3 Å². The third-order valence-electron chi connectivity index (χ3n) is 11.2. The molecule has 0 bridgehead atoms. The summed E-state index contributed by atoms with van der Waals surface area (Å²) in [5, 5.41) is 2.92. The minimum Gasteiger partial charge on any atom is -0.278 e. The summed E-state index contributed by atoms with van der Waals surface area (Å²) in [5.41, 5.74) is 9.39. The molecule has 0 fully saturated rings. The van der Waals surface area contributed by atoms with Crippen molar-refractivity contribution in [2.24, 2.45) is 0 Å². The predicted octanol–water partition coefficient (Wildman–Crippen LogP) is 13.0. The summed E-state index contributed by atoms with van der Waals surface area (Å²) in [6.07, 6.45) is 11.2. The molecule has 3 heterocycles. The Morgan fingerprint density at radius 2 is 1.08 bits per heavy atom. The Morgan fingerprint density at radius 1 is 0.483 bits per heavy atom. The van der Waals surface area contributed by atoms with Crippen molar-refractivity contribution in [3.8, 4) is 28.5 Å². The van der Waals surface area contributed by atoms with Crippen molar-refractivity contribution in [3.05, 3.63) is 218 Å². The van der Waals surface area contributed by atoms with Crippen LogP contribution in [0.15, 0.2) is 212 Å². The number of aromatic nitrogens is 4. The monoisotopic (exact) mass is 792 g/mol. The maximum absolute atomic E-state index is 16.1. The standard InChI is InChI=1S/C52H37N6OP/c59-60(43-27-15-6-16-28-43)57(41-23-11-4-12-24-41)48-34-32-40(36-49(48)58(60)42-25-13-5-14-26-42)39-31-33-47-45(35-39)44-29-17-18-30-46(44)56(47)52-54-50(37-19-7-1-2-8-20-37)53-51(55-52)38-21-9-3-10-22-38/h1-7,9-36H,8H2. The summed E-state index contributed by atoms with van der Waals surface area (Å²) in [7, 11) is -3.49. The number of hydrogen-bond donors (Lipinski definition) is 0. The minimum atomic E-state index is -3.49. The molecule has 0 saturated carbocycles. The zero-order valence-corrected chi connectivity index (χ0v) is 33.3. The van der Waals surface area contributed by atoms with Crippen molar-refractivity contribution in [1.29, 1.82) is 0 Å². The zero-order chi connectivity index (χ0) is 40.0. The Hall–Kier alpha value is -7.60. The van der Waals surface area contributed by atoms with Crippen LogP contribution in [0.3, 0.4) is 0 Å². The van der Waals surface area contributed by atoms with Crippen LogP contribution in [0.4, 0.5) is 22.7 Å². The van der Waals surface area contributed by atoms with Crippen LogP contribution < -0.4 is 14.6 Å². The first kappa shape index (κ1) is 35.6. The minimum absolute atomic E-state index is 0.554. The smallest absolute Gasteiger partial charge is 0.278 e. The number of anilines is 4. The fraction of sp³-hybridized carbons (Fsp3) is 0.0192. The second-order valence-electron chi connectivity index (χ2n) is 14.8. The first-order valence-corrected chi connectivity index (χ1v) is 21.7. The van der Waals surface area contributed by atoms with E-state index in [2.05, 4.69) is 94.2 Å². The Balaban J connectivity index is 1.10. The highest BCUT2D eigenvalue weighted by Crippen LogP contribution is 2.70. The van der Waals surface area contributed by atoms with Crippen LogP contribution in [0.2, 0.25) is 0 Å². The molecule has 8 heteroatoms. The summed E-state index contributed by atoms with van der Waals surface area (Å²) in [4.78, 5) is 15.3. The summed E-state index contributed by atoms with van der Waals surface area (Å²) in [6, 6.07) is 61.5. The van der Waals surface area contributed by atoms with Crippen molar-refractivity contribution in [2.45, 2.75) is 6.42 Å². The van der Waals surface area contributed by atoms with Crippen LogP contribution in [0, 0.1) is 0 Å². The Bertz CT molecular complexity index is 3220. The molecule has 11 rings (SSSR count). The van der Waals surface area contributed by atoms with Crippen LogP contribution in [-0.2, 0) is 4.57 Å². The lowest BCUT2D eigenvalue weighted by Crippen LogP contribution is -2.26.